The van der Waals surface area contributed by atoms with E-state index in [9.17, 15) is 9.90 Å². The summed E-state index contributed by atoms with van der Waals surface area (Å²) in [4.78, 5) is 11.8. The molecule has 1 aromatic rings. The summed E-state index contributed by atoms with van der Waals surface area (Å²) in [5.74, 6) is -0.454. The first-order valence-corrected chi connectivity index (χ1v) is 5.91. The van der Waals surface area contributed by atoms with Gasteiger partial charge in [-0.1, -0.05) is 23.2 Å². The number of hydrogen-bond acceptors (Lipinski definition) is 4. The topological polar surface area (TPSA) is 84.6 Å². The van der Waals surface area contributed by atoms with E-state index in [1.54, 1.807) is 0 Å². The Labute approximate surface area is 115 Å². The Morgan fingerprint density at radius 1 is 1.56 bits per heavy atom. The maximum absolute atomic E-state index is 11.8. The third kappa shape index (κ3) is 4.03. The van der Waals surface area contributed by atoms with Gasteiger partial charge in [0, 0.05) is 19.3 Å². The standard InChI is InChI=1S/C11H14Cl2N2O3/c1-18-5-7(16)4-15-11(17)8-2-6(14)3-9(12)10(8)13/h2-3,7,16H,4-5,14H2,1H3,(H,15,17). The van der Waals surface area contributed by atoms with E-state index >= 15 is 0 Å². The van der Waals surface area contributed by atoms with Crippen molar-refractivity contribution in [1.82, 2.24) is 5.32 Å². The van der Waals surface area contributed by atoms with E-state index in [-0.39, 0.29) is 28.8 Å². The van der Waals surface area contributed by atoms with E-state index < -0.39 is 12.0 Å². The van der Waals surface area contributed by atoms with Crippen molar-refractivity contribution < 1.29 is 14.6 Å². The average Bonchev–Trinajstić information content (AvgIpc) is 2.31. The number of benzene rings is 1. The smallest absolute Gasteiger partial charge is 0.253 e. The number of nitrogen functional groups attached to an aromatic ring is 1. The monoisotopic (exact) mass is 292 g/mol. The Hall–Kier alpha value is -1.01. The van der Waals surface area contributed by atoms with Crippen LogP contribution in [0.1, 0.15) is 10.4 Å². The van der Waals surface area contributed by atoms with Gasteiger partial charge in [0.25, 0.3) is 5.91 Å². The van der Waals surface area contributed by atoms with Crippen LogP contribution in [-0.4, -0.2) is 37.4 Å². The van der Waals surface area contributed by atoms with Crippen molar-refractivity contribution in [3.8, 4) is 0 Å². The highest BCUT2D eigenvalue weighted by molar-refractivity contribution is 6.44. The summed E-state index contributed by atoms with van der Waals surface area (Å²) in [5.41, 5.74) is 6.09. The lowest BCUT2D eigenvalue weighted by Crippen LogP contribution is -2.34. The SMILES string of the molecule is COCC(O)CNC(=O)c1cc(N)cc(Cl)c1Cl. The quantitative estimate of drug-likeness (QED) is 0.715. The summed E-state index contributed by atoms with van der Waals surface area (Å²) in [6.07, 6.45) is -0.783. The Bertz CT molecular complexity index is 441. The summed E-state index contributed by atoms with van der Waals surface area (Å²) in [7, 11) is 1.46. The number of aliphatic hydroxyl groups is 1. The van der Waals surface area contributed by atoms with Crippen LogP contribution < -0.4 is 11.1 Å². The zero-order chi connectivity index (χ0) is 13.7. The van der Waals surface area contributed by atoms with E-state index in [0.29, 0.717) is 5.69 Å². The number of ether oxygens (including phenoxy) is 1. The Morgan fingerprint density at radius 3 is 2.83 bits per heavy atom. The fourth-order valence-electron chi connectivity index (χ4n) is 1.33. The zero-order valence-corrected chi connectivity index (χ0v) is 11.3. The lowest BCUT2D eigenvalue weighted by Gasteiger charge is -2.12. The Kier molecular flexibility index (Phi) is 5.68. The molecule has 1 unspecified atom stereocenters. The zero-order valence-electron chi connectivity index (χ0n) is 9.74. The lowest BCUT2D eigenvalue weighted by molar-refractivity contribution is 0.0610. The van der Waals surface area contributed by atoms with Crippen LogP contribution in [0.5, 0.6) is 0 Å². The van der Waals surface area contributed by atoms with Crippen LogP contribution in [-0.2, 0) is 4.74 Å². The number of halogens is 2. The molecule has 4 N–H and O–H groups in total. The number of methoxy groups -OCH3 is 1. The van der Waals surface area contributed by atoms with Gasteiger partial charge in [0.2, 0.25) is 0 Å². The Morgan fingerprint density at radius 2 is 2.22 bits per heavy atom. The first kappa shape index (κ1) is 15.0. The van der Waals surface area contributed by atoms with Crippen molar-refractivity contribution in [2.75, 3.05) is 26.0 Å². The number of anilines is 1. The largest absolute Gasteiger partial charge is 0.399 e. The molecule has 0 saturated heterocycles. The number of hydrogen-bond donors (Lipinski definition) is 3. The van der Waals surface area contributed by atoms with Crippen LogP contribution in [0.3, 0.4) is 0 Å². The highest BCUT2D eigenvalue weighted by atomic mass is 35.5. The summed E-state index contributed by atoms with van der Waals surface area (Å²) in [6.45, 7) is 0.182. The van der Waals surface area contributed by atoms with Crippen LogP contribution in [0.2, 0.25) is 10.0 Å². The number of nitrogens with two attached hydrogens (primary N) is 1. The molecule has 0 aliphatic rings. The molecule has 1 atom stereocenters. The maximum Gasteiger partial charge on any atom is 0.253 e. The molecule has 0 aliphatic heterocycles. The minimum atomic E-state index is -0.783. The summed E-state index contributed by atoms with van der Waals surface area (Å²) in [6, 6.07) is 2.88. The highest BCUT2D eigenvalue weighted by Gasteiger charge is 2.15. The molecule has 100 valence electrons. The van der Waals surface area contributed by atoms with Crippen molar-refractivity contribution in [2.24, 2.45) is 0 Å². The maximum atomic E-state index is 11.8. The molecular weight excluding hydrogens is 279 g/mol. The predicted octanol–water partition coefficient (Wildman–Crippen LogP) is 1.31. The van der Waals surface area contributed by atoms with Crippen molar-refractivity contribution in [3.63, 3.8) is 0 Å². The highest BCUT2D eigenvalue weighted by Crippen LogP contribution is 2.28. The number of rotatable bonds is 5. The van der Waals surface area contributed by atoms with Crippen molar-refractivity contribution >= 4 is 34.8 Å². The van der Waals surface area contributed by atoms with E-state index in [4.69, 9.17) is 33.7 Å². The molecule has 1 rings (SSSR count). The number of amides is 1. The van der Waals surface area contributed by atoms with Crippen LogP contribution >= 0.6 is 23.2 Å². The Balaban J connectivity index is 2.73. The molecule has 0 saturated carbocycles. The van der Waals surface area contributed by atoms with Gasteiger partial charge in [-0.3, -0.25) is 4.79 Å². The van der Waals surface area contributed by atoms with E-state index in [0.717, 1.165) is 0 Å². The molecule has 0 spiro atoms. The molecule has 7 heteroatoms. The van der Waals surface area contributed by atoms with Crippen LogP contribution in [0.25, 0.3) is 0 Å². The molecule has 0 bridgehead atoms. The van der Waals surface area contributed by atoms with Crippen LogP contribution in [0, 0.1) is 0 Å². The minimum Gasteiger partial charge on any atom is -0.399 e. The summed E-state index contributed by atoms with van der Waals surface area (Å²) >= 11 is 11.7. The molecule has 5 nitrogen and oxygen atoms in total. The van der Waals surface area contributed by atoms with E-state index in [1.807, 2.05) is 0 Å². The molecule has 1 aromatic carbocycles. The first-order chi connectivity index (χ1) is 8.45. The third-order valence-electron chi connectivity index (χ3n) is 2.15. The fourth-order valence-corrected chi connectivity index (χ4v) is 1.76. The van der Waals surface area contributed by atoms with Crippen molar-refractivity contribution in [2.45, 2.75) is 6.10 Å². The van der Waals surface area contributed by atoms with Crippen LogP contribution in [0.4, 0.5) is 5.69 Å². The predicted molar refractivity (Wildman–Crippen MR) is 71.1 cm³/mol. The fraction of sp³-hybridized carbons (Fsp3) is 0.364. The molecule has 1 amide bonds. The van der Waals surface area contributed by atoms with Gasteiger partial charge >= 0.3 is 0 Å². The van der Waals surface area contributed by atoms with Crippen molar-refractivity contribution in [1.29, 1.82) is 0 Å². The minimum absolute atomic E-state index is 0.0510. The van der Waals surface area contributed by atoms with Gasteiger partial charge in [-0.25, -0.2) is 0 Å². The normalized spacial score (nSPS) is 12.2. The van der Waals surface area contributed by atoms with E-state index in [2.05, 4.69) is 5.32 Å². The summed E-state index contributed by atoms with van der Waals surface area (Å²) < 4.78 is 4.74. The average molecular weight is 293 g/mol. The van der Waals surface area contributed by atoms with Gasteiger partial charge in [-0.2, -0.15) is 0 Å². The van der Waals surface area contributed by atoms with Gasteiger partial charge in [0.05, 0.1) is 28.3 Å². The van der Waals surface area contributed by atoms with Gasteiger partial charge in [0.1, 0.15) is 0 Å². The molecule has 0 fully saturated rings. The van der Waals surface area contributed by atoms with Gasteiger partial charge in [-0.15, -0.1) is 0 Å². The lowest BCUT2D eigenvalue weighted by atomic mass is 10.2. The molecule has 0 aliphatic carbocycles. The number of carbonyl (C=O) groups is 1. The first-order valence-electron chi connectivity index (χ1n) is 5.15. The second kappa shape index (κ2) is 6.80. The molecular formula is C11H14Cl2N2O3. The third-order valence-corrected chi connectivity index (χ3v) is 2.95. The van der Waals surface area contributed by atoms with Crippen molar-refractivity contribution in [3.05, 3.63) is 27.7 Å². The van der Waals surface area contributed by atoms with Gasteiger partial charge < -0.3 is 20.9 Å². The van der Waals surface area contributed by atoms with Gasteiger partial charge in [0.15, 0.2) is 0 Å². The number of carbonyl (C=O) groups excluding carboxylic acids is 1. The number of nitrogens with one attached hydrogen (secondary N) is 1. The summed E-state index contributed by atoms with van der Waals surface area (Å²) in [5, 5.41) is 12.2. The van der Waals surface area contributed by atoms with Gasteiger partial charge in [-0.05, 0) is 12.1 Å². The second-order valence-electron chi connectivity index (χ2n) is 3.68. The molecule has 0 aromatic heterocycles. The molecule has 0 heterocycles. The number of aliphatic hydroxyl groups excluding tert-OH is 1. The molecule has 18 heavy (non-hydrogen) atoms. The van der Waals surface area contributed by atoms with Crippen LogP contribution in [0.15, 0.2) is 12.1 Å². The van der Waals surface area contributed by atoms with E-state index in [1.165, 1.54) is 19.2 Å². The second-order valence-corrected chi connectivity index (χ2v) is 4.47. The molecule has 0 radical (unpaired) electrons.